The van der Waals surface area contributed by atoms with Crippen LogP contribution >= 0.6 is 0 Å². The van der Waals surface area contributed by atoms with Crippen molar-refractivity contribution in [1.82, 2.24) is 14.9 Å². The lowest BCUT2D eigenvalue weighted by molar-refractivity contribution is -0.129. The van der Waals surface area contributed by atoms with E-state index in [9.17, 15) is 18.0 Å². The molecule has 0 radical (unpaired) electrons. The molecule has 2 N–H and O–H groups in total. The molecule has 1 heterocycles. The van der Waals surface area contributed by atoms with Crippen LogP contribution in [0.2, 0.25) is 0 Å². The summed E-state index contributed by atoms with van der Waals surface area (Å²) < 4.78 is 26.0. The van der Waals surface area contributed by atoms with Gasteiger partial charge in [-0.05, 0) is 24.8 Å². The first-order valence-electron chi connectivity index (χ1n) is 9.02. The van der Waals surface area contributed by atoms with Crippen molar-refractivity contribution in [3.05, 3.63) is 35.9 Å². The molecule has 0 unspecified atom stereocenters. The molecule has 1 aromatic rings. The first kappa shape index (κ1) is 20.4. The summed E-state index contributed by atoms with van der Waals surface area (Å²) in [4.78, 5) is 24.4. The Morgan fingerprint density at radius 3 is 2.58 bits per heavy atom. The molecule has 0 spiro atoms. The molecule has 144 valence electrons. The molecule has 1 aromatic carbocycles. The van der Waals surface area contributed by atoms with Gasteiger partial charge in [-0.25, -0.2) is 8.42 Å². The minimum Gasteiger partial charge on any atom is -0.350 e. The summed E-state index contributed by atoms with van der Waals surface area (Å²) in [5.41, 5.74) is 0.969. The molecule has 1 fully saturated rings. The van der Waals surface area contributed by atoms with E-state index in [-0.39, 0.29) is 18.2 Å². The predicted octanol–water partition coefficient (Wildman–Crippen LogP) is 1.01. The standard InChI is InChI=1S/C18H27N3O4S/c1-2-12-26(24,25)21-11-7-6-10-16(21)18(23)20-14-17(22)19-13-15-8-4-3-5-9-15/h3-5,8-9,16H,2,6-7,10-14H2,1H3,(H,19,22)(H,20,23)/t16-/m0/s1. The fourth-order valence-electron chi connectivity index (χ4n) is 3.02. The van der Waals surface area contributed by atoms with Gasteiger partial charge in [-0.2, -0.15) is 4.31 Å². The Kier molecular flexibility index (Phi) is 7.59. The highest BCUT2D eigenvalue weighted by atomic mass is 32.2. The molecule has 1 saturated heterocycles. The van der Waals surface area contributed by atoms with Crippen LogP contribution in [0.4, 0.5) is 0 Å². The first-order valence-corrected chi connectivity index (χ1v) is 10.6. The minimum absolute atomic E-state index is 0.0361. The average molecular weight is 381 g/mol. The molecule has 7 nitrogen and oxygen atoms in total. The Morgan fingerprint density at radius 1 is 1.15 bits per heavy atom. The lowest BCUT2D eigenvalue weighted by Crippen LogP contribution is -2.53. The number of hydrogen-bond donors (Lipinski definition) is 2. The molecule has 0 bridgehead atoms. The second-order valence-electron chi connectivity index (χ2n) is 6.42. The van der Waals surface area contributed by atoms with Crippen LogP contribution in [0, 0.1) is 0 Å². The van der Waals surface area contributed by atoms with Crippen LogP contribution in [0.25, 0.3) is 0 Å². The van der Waals surface area contributed by atoms with E-state index in [2.05, 4.69) is 10.6 Å². The molecule has 1 aliphatic rings. The van der Waals surface area contributed by atoms with Gasteiger partial charge in [-0.1, -0.05) is 43.7 Å². The van der Waals surface area contributed by atoms with Crippen molar-refractivity contribution in [2.45, 2.75) is 45.2 Å². The van der Waals surface area contributed by atoms with Gasteiger partial charge in [-0.3, -0.25) is 9.59 Å². The number of carbonyl (C=O) groups excluding carboxylic acids is 2. The van der Waals surface area contributed by atoms with E-state index in [4.69, 9.17) is 0 Å². The molecule has 1 atom stereocenters. The minimum atomic E-state index is -3.44. The molecular weight excluding hydrogens is 354 g/mol. The number of benzene rings is 1. The van der Waals surface area contributed by atoms with Gasteiger partial charge in [0.05, 0.1) is 12.3 Å². The van der Waals surface area contributed by atoms with Crippen molar-refractivity contribution in [1.29, 1.82) is 0 Å². The van der Waals surface area contributed by atoms with Gasteiger partial charge in [0, 0.05) is 13.1 Å². The smallest absolute Gasteiger partial charge is 0.239 e. The second-order valence-corrected chi connectivity index (χ2v) is 8.46. The summed E-state index contributed by atoms with van der Waals surface area (Å²) in [7, 11) is -3.44. The van der Waals surface area contributed by atoms with E-state index in [1.165, 1.54) is 4.31 Å². The maximum atomic E-state index is 12.4. The van der Waals surface area contributed by atoms with Crippen molar-refractivity contribution in [2.75, 3.05) is 18.8 Å². The van der Waals surface area contributed by atoms with Gasteiger partial charge in [0.1, 0.15) is 6.04 Å². The normalized spacial score (nSPS) is 18.3. The molecule has 2 amide bonds. The molecule has 1 aliphatic heterocycles. The Hall–Kier alpha value is -1.93. The fraction of sp³-hybridized carbons (Fsp3) is 0.556. The zero-order chi connectivity index (χ0) is 19.0. The Labute approximate surface area is 155 Å². The number of carbonyl (C=O) groups is 2. The highest BCUT2D eigenvalue weighted by Gasteiger charge is 2.36. The van der Waals surface area contributed by atoms with Crippen molar-refractivity contribution in [3.63, 3.8) is 0 Å². The molecule has 0 saturated carbocycles. The maximum absolute atomic E-state index is 12.4. The van der Waals surface area contributed by atoms with Crippen molar-refractivity contribution < 1.29 is 18.0 Å². The topological polar surface area (TPSA) is 95.6 Å². The molecule has 26 heavy (non-hydrogen) atoms. The van der Waals surface area contributed by atoms with E-state index in [1.807, 2.05) is 30.3 Å². The van der Waals surface area contributed by atoms with E-state index < -0.39 is 22.0 Å². The number of nitrogens with zero attached hydrogens (tertiary/aromatic N) is 1. The second kappa shape index (κ2) is 9.68. The summed E-state index contributed by atoms with van der Waals surface area (Å²) in [6.45, 7) is 2.38. The highest BCUT2D eigenvalue weighted by molar-refractivity contribution is 7.89. The molecular formula is C18H27N3O4S. The number of hydrogen-bond acceptors (Lipinski definition) is 4. The predicted molar refractivity (Wildman–Crippen MR) is 99.7 cm³/mol. The van der Waals surface area contributed by atoms with Gasteiger partial charge in [0.25, 0.3) is 0 Å². The van der Waals surface area contributed by atoms with Crippen LogP contribution in [0.3, 0.4) is 0 Å². The first-order chi connectivity index (χ1) is 12.4. The van der Waals surface area contributed by atoms with Gasteiger partial charge in [0.2, 0.25) is 21.8 Å². The number of nitrogens with one attached hydrogen (secondary N) is 2. The third-order valence-corrected chi connectivity index (χ3v) is 6.41. The Balaban J connectivity index is 1.86. The fourth-order valence-corrected chi connectivity index (χ4v) is 4.77. The monoisotopic (exact) mass is 381 g/mol. The third-order valence-electron chi connectivity index (χ3n) is 4.33. The summed E-state index contributed by atoms with van der Waals surface area (Å²) in [5.74, 6) is -0.672. The zero-order valence-electron chi connectivity index (χ0n) is 15.1. The third kappa shape index (κ3) is 5.81. The zero-order valence-corrected chi connectivity index (χ0v) is 15.9. The van der Waals surface area contributed by atoms with Crippen molar-refractivity contribution >= 4 is 21.8 Å². The average Bonchev–Trinajstić information content (AvgIpc) is 2.65. The molecule has 0 aliphatic carbocycles. The highest BCUT2D eigenvalue weighted by Crippen LogP contribution is 2.21. The lowest BCUT2D eigenvalue weighted by Gasteiger charge is -2.33. The van der Waals surface area contributed by atoms with Crippen LogP contribution in [-0.2, 0) is 26.2 Å². The SMILES string of the molecule is CCCS(=O)(=O)N1CCCC[C@H]1C(=O)NCC(=O)NCc1ccccc1. The van der Waals surface area contributed by atoms with Crippen molar-refractivity contribution in [2.24, 2.45) is 0 Å². The number of amides is 2. The summed E-state index contributed by atoms with van der Waals surface area (Å²) in [6.07, 6.45) is 2.55. The van der Waals surface area contributed by atoms with Gasteiger partial charge in [-0.15, -0.1) is 0 Å². The summed E-state index contributed by atoms with van der Waals surface area (Å²) in [6, 6.07) is 8.75. The lowest BCUT2D eigenvalue weighted by atomic mass is 10.0. The Bertz CT molecular complexity index is 706. The van der Waals surface area contributed by atoms with Crippen molar-refractivity contribution in [3.8, 4) is 0 Å². The molecule has 2 rings (SSSR count). The van der Waals surface area contributed by atoms with Crippen LogP contribution in [0.1, 0.15) is 38.2 Å². The van der Waals surface area contributed by atoms with Gasteiger partial charge < -0.3 is 10.6 Å². The summed E-state index contributed by atoms with van der Waals surface area (Å²) >= 11 is 0. The maximum Gasteiger partial charge on any atom is 0.239 e. The van der Waals surface area contributed by atoms with Crippen LogP contribution in [0.5, 0.6) is 0 Å². The number of piperidine rings is 1. The van der Waals surface area contributed by atoms with E-state index in [0.29, 0.717) is 25.9 Å². The summed E-state index contributed by atoms with van der Waals surface area (Å²) in [5, 5.41) is 5.31. The van der Waals surface area contributed by atoms with E-state index >= 15 is 0 Å². The Morgan fingerprint density at radius 2 is 1.88 bits per heavy atom. The van der Waals surface area contributed by atoms with Gasteiger partial charge in [0.15, 0.2) is 0 Å². The number of sulfonamides is 1. The number of rotatable bonds is 8. The van der Waals surface area contributed by atoms with Crippen LogP contribution in [-0.4, -0.2) is 49.4 Å². The van der Waals surface area contributed by atoms with E-state index in [0.717, 1.165) is 18.4 Å². The quantitative estimate of drug-likeness (QED) is 0.703. The van der Waals surface area contributed by atoms with Gasteiger partial charge >= 0.3 is 0 Å². The van der Waals surface area contributed by atoms with Crippen LogP contribution < -0.4 is 10.6 Å². The molecule has 0 aromatic heterocycles. The molecule has 8 heteroatoms. The van der Waals surface area contributed by atoms with Crippen LogP contribution in [0.15, 0.2) is 30.3 Å². The largest absolute Gasteiger partial charge is 0.350 e. The van der Waals surface area contributed by atoms with E-state index in [1.54, 1.807) is 6.92 Å².